The molecule has 0 aliphatic heterocycles. The highest BCUT2D eigenvalue weighted by atomic mass is 32.2. The van der Waals surface area contributed by atoms with Gasteiger partial charge >= 0.3 is 0 Å². The Bertz CT molecular complexity index is 743. The van der Waals surface area contributed by atoms with Crippen LogP contribution < -0.4 is 5.73 Å². The van der Waals surface area contributed by atoms with Crippen molar-refractivity contribution in [3.05, 3.63) is 66.2 Å². The zero-order chi connectivity index (χ0) is 14.7. The summed E-state index contributed by atoms with van der Waals surface area (Å²) in [5.41, 5.74) is 8.17. The van der Waals surface area contributed by atoms with E-state index < -0.39 is 0 Å². The molecular weight excluding hydrogens is 287 g/mol. The topological polar surface area (TPSA) is 52.0 Å². The van der Waals surface area contributed by atoms with Crippen molar-refractivity contribution >= 4 is 17.4 Å². The molecule has 0 aliphatic rings. The molecule has 0 saturated heterocycles. The maximum Gasteiger partial charge on any atom is 0.147 e. The number of nitrogens with two attached hydrogens (primary N) is 1. The monoisotopic (exact) mass is 300 g/mol. The summed E-state index contributed by atoms with van der Waals surface area (Å²) in [7, 11) is 0. The van der Waals surface area contributed by atoms with Gasteiger partial charge in [0.1, 0.15) is 17.3 Å². The maximum absolute atomic E-state index is 13.2. The lowest BCUT2D eigenvalue weighted by Crippen LogP contribution is -1.89. The minimum atomic E-state index is -0.297. The van der Waals surface area contributed by atoms with Crippen molar-refractivity contribution < 1.29 is 8.91 Å². The number of nitrogen functional groups attached to an aromatic ring is 1. The predicted octanol–water partition coefficient (Wildman–Crippen LogP) is 4.36. The average Bonchev–Trinajstić information content (AvgIpc) is 2.98. The summed E-state index contributed by atoms with van der Waals surface area (Å²) in [4.78, 5) is 0.702. The molecule has 3 nitrogen and oxygen atoms in total. The number of benzene rings is 2. The van der Waals surface area contributed by atoms with Crippen molar-refractivity contribution in [3.63, 3.8) is 0 Å². The van der Waals surface area contributed by atoms with E-state index in [2.05, 4.69) is 5.16 Å². The van der Waals surface area contributed by atoms with Crippen LogP contribution in [-0.4, -0.2) is 5.16 Å². The third-order valence-corrected chi connectivity index (χ3v) is 4.07. The minimum Gasteiger partial charge on any atom is -0.398 e. The summed E-state index contributed by atoms with van der Waals surface area (Å²) in [6.45, 7) is 0. The lowest BCUT2D eigenvalue weighted by Gasteiger charge is -2.03. The maximum atomic E-state index is 13.2. The Morgan fingerprint density at radius 1 is 1.10 bits per heavy atom. The molecule has 0 radical (unpaired) electrons. The Labute approximate surface area is 126 Å². The summed E-state index contributed by atoms with van der Waals surface area (Å²) in [5.74, 6) is 0.977. The van der Waals surface area contributed by atoms with Crippen LogP contribution in [0.2, 0.25) is 0 Å². The molecule has 21 heavy (non-hydrogen) atoms. The van der Waals surface area contributed by atoms with Crippen molar-refractivity contribution in [2.24, 2.45) is 0 Å². The number of thioether (sulfide) groups is 1. The number of nitrogens with zero attached hydrogens (tertiary/aromatic N) is 1. The standard InChI is InChI=1S/C16H13FN2OS/c17-12-6-7-14(18)16(8-12)21-10-13-9-15(19-20-13)11-4-2-1-3-5-11/h1-9H,10,18H2. The smallest absolute Gasteiger partial charge is 0.147 e. The third kappa shape index (κ3) is 3.25. The van der Waals surface area contributed by atoms with Crippen LogP contribution in [0, 0.1) is 5.82 Å². The first kappa shape index (κ1) is 13.7. The number of hydrogen-bond acceptors (Lipinski definition) is 4. The summed E-state index contributed by atoms with van der Waals surface area (Å²) in [6.07, 6.45) is 0. The fourth-order valence-electron chi connectivity index (χ4n) is 1.91. The van der Waals surface area contributed by atoms with Gasteiger partial charge in [-0.2, -0.15) is 0 Å². The van der Waals surface area contributed by atoms with Gasteiger partial charge in [0.05, 0.1) is 5.75 Å². The van der Waals surface area contributed by atoms with E-state index in [1.807, 2.05) is 36.4 Å². The van der Waals surface area contributed by atoms with Gasteiger partial charge in [-0.3, -0.25) is 0 Å². The Balaban J connectivity index is 1.72. The molecule has 0 atom stereocenters. The lowest BCUT2D eigenvalue weighted by atomic mass is 10.1. The van der Waals surface area contributed by atoms with Crippen LogP contribution >= 0.6 is 11.8 Å². The highest BCUT2D eigenvalue weighted by molar-refractivity contribution is 7.98. The summed E-state index contributed by atoms with van der Waals surface area (Å²) < 4.78 is 18.5. The first-order chi connectivity index (χ1) is 10.2. The fourth-order valence-corrected chi connectivity index (χ4v) is 2.77. The second kappa shape index (κ2) is 6.01. The van der Waals surface area contributed by atoms with Gasteiger partial charge in [0.25, 0.3) is 0 Å². The molecule has 0 saturated carbocycles. The number of aromatic nitrogens is 1. The van der Waals surface area contributed by atoms with Crippen molar-refractivity contribution in [2.45, 2.75) is 10.6 Å². The van der Waals surface area contributed by atoms with Crippen LogP contribution in [0.25, 0.3) is 11.3 Å². The Kier molecular flexibility index (Phi) is 3.92. The van der Waals surface area contributed by atoms with Gasteiger partial charge in [-0.25, -0.2) is 4.39 Å². The second-order valence-corrected chi connectivity index (χ2v) is 5.53. The zero-order valence-corrected chi connectivity index (χ0v) is 11.9. The van der Waals surface area contributed by atoms with Crippen LogP contribution in [0.3, 0.4) is 0 Å². The quantitative estimate of drug-likeness (QED) is 0.574. The number of anilines is 1. The van der Waals surface area contributed by atoms with Gasteiger partial charge < -0.3 is 10.3 Å². The Morgan fingerprint density at radius 2 is 1.90 bits per heavy atom. The van der Waals surface area contributed by atoms with Gasteiger partial charge in [0.2, 0.25) is 0 Å². The van der Waals surface area contributed by atoms with E-state index in [1.165, 1.54) is 23.9 Å². The van der Waals surface area contributed by atoms with Crippen LogP contribution in [0.15, 0.2) is 64.0 Å². The van der Waals surface area contributed by atoms with Crippen molar-refractivity contribution in [2.75, 3.05) is 5.73 Å². The molecule has 0 spiro atoms. The first-order valence-corrected chi connectivity index (χ1v) is 7.40. The van der Waals surface area contributed by atoms with E-state index in [0.717, 1.165) is 17.0 Å². The van der Waals surface area contributed by atoms with Gasteiger partial charge in [-0.15, -0.1) is 11.8 Å². The normalized spacial score (nSPS) is 10.7. The molecule has 5 heteroatoms. The van der Waals surface area contributed by atoms with Gasteiger partial charge in [0.15, 0.2) is 0 Å². The lowest BCUT2D eigenvalue weighted by molar-refractivity contribution is 0.397. The second-order valence-electron chi connectivity index (χ2n) is 4.52. The third-order valence-electron chi connectivity index (χ3n) is 2.97. The number of rotatable bonds is 4. The first-order valence-electron chi connectivity index (χ1n) is 6.41. The molecule has 3 rings (SSSR count). The van der Waals surface area contributed by atoms with Crippen molar-refractivity contribution in [1.82, 2.24) is 5.16 Å². The molecule has 3 aromatic rings. The zero-order valence-electron chi connectivity index (χ0n) is 11.1. The molecule has 2 N–H and O–H groups in total. The molecular formula is C16H13FN2OS. The summed E-state index contributed by atoms with van der Waals surface area (Å²) in [5, 5.41) is 4.05. The van der Waals surface area contributed by atoms with E-state index in [0.29, 0.717) is 16.3 Å². The van der Waals surface area contributed by atoms with Gasteiger partial charge in [0, 0.05) is 22.2 Å². The van der Waals surface area contributed by atoms with E-state index in [1.54, 1.807) is 6.07 Å². The largest absolute Gasteiger partial charge is 0.398 e. The Morgan fingerprint density at radius 3 is 2.71 bits per heavy atom. The Hall–Kier alpha value is -2.27. The van der Waals surface area contributed by atoms with E-state index >= 15 is 0 Å². The molecule has 106 valence electrons. The molecule has 0 bridgehead atoms. The predicted molar refractivity (Wildman–Crippen MR) is 82.3 cm³/mol. The highest BCUT2D eigenvalue weighted by Crippen LogP contribution is 2.30. The number of hydrogen-bond donors (Lipinski definition) is 1. The van der Waals surface area contributed by atoms with Gasteiger partial charge in [-0.1, -0.05) is 35.5 Å². The summed E-state index contributed by atoms with van der Waals surface area (Å²) in [6, 6.07) is 16.0. The van der Waals surface area contributed by atoms with E-state index in [-0.39, 0.29) is 5.82 Å². The molecule has 1 heterocycles. The van der Waals surface area contributed by atoms with Gasteiger partial charge in [-0.05, 0) is 18.2 Å². The molecule has 0 amide bonds. The van der Waals surface area contributed by atoms with Crippen molar-refractivity contribution in [1.29, 1.82) is 0 Å². The average molecular weight is 300 g/mol. The van der Waals surface area contributed by atoms with Crippen molar-refractivity contribution in [3.8, 4) is 11.3 Å². The molecule has 1 aromatic heterocycles. The molecule has 0 aliphatic carbocycles. The van der Waals surface area contributed by atoms with Crippen LogP contribution in [0.5, 0.6) is 0 Å². The molecule has 0 fully saturated rings. The fraction of sp³-hybridized carbons (Fsp3) is 0.0625. The van der Waals surface area contributed by atoms with E-state index in [9.17, 15) is 4.39 Å². The van der Waals surface area contributed by atoms with E-state index in [4.69, 9.17) is 10.3 Å². The van der Waals surface area contributed by atoms with Crippen LogP contribution in [0.1, 0.15) is 5.76 Å². The number of halogens is 1. The molecule has 0 unspecified atom stereocenters. The minimum absolute atomic E-state index is 0.297. The van der Waals surface area contributed by atoms with Crippen LogP contribution in [-0.2, 0) is 5.75 Å². The van der Waals surface area contributed by atoms with Crippen LogP contribution in [0.4, 0.5) is 10.1 Å². The SMILES string of the molecule is Nc1ccc(F)cc1SCc1cc(-c2ccccc2)no1. The summed E-state index contributed by atoms with van der Waals surface area (Å²) >= 11 is 1.42. The highest BCUT2D eigenvalue weighted by Gasteiger charge is 2.08. The molecule has 2 aromatic carbocycles.